The number of H-pyrrole nitrogens is 1. The Balaban J connectivity index is 1.71. The summed E-state index contributed by atoms with van der Waals surface area (Å²) in [4.78, 5) is 58.0. The molecule has 1 aromatic carbocycles. The van der Waals surface area contributed by atoms with Crippen LogP contribution in [0.3, 0.4) is 0 Å². The smallest absolute Gasteiger partial charge is 0.329 e. The molecule has 3 aromatic rings. The van der Waals surface area contributed by atoms with Crippen molar-refractivity contribution in [1.29, 1.82) is 0 Å². The molecule has 0 unspecified atom stereocenters. The number of nitrogens with zero attached hydrogens (tertiary/aromatic N) is 2. The van der Waals surface area contributed by atoms with Gasteiger partial charge in [-0.1, -0.05) is 20.8 Å². The molecule has 0 aliphatic heterocycles. The number of benzene rings is 1. The average molecular weight is 478 g/mol. The van der Waals surface area contributed by atoms with Crippen molar-refractivity contribution in [2.75, 3.05) is 11.9 Å². The summed E-state index contributed by atoms with van der Waals surface area (Å²) in [5, 5.41) is 5.86. The number of pyridine rings is 1. The summed E-state index contributed by atoms with van der Waals surface area (Å²) >= 11 is 0. The van der Waals surface area contributed by atoms with Crippen LogP contribution < -0.4 is 21.9 Å². The van der Waals surface area contributed by atoms with Gasteiger partial charge in [0.15, 0.2) is 5.65 Å². The molecule has 2 aromatic heterocycles. The number of hydrogen-bond acceptors (Lipinski definition) is 5. The fourth-order valence-corrected chi connectivity index (χ4v) is 4.03. The third-order valence-electron chi connectivity index (χ3n) is 6.06. The first kappa shape index (κ1) is 24.4. The zero-order valence-electron chi connectivity index (χ0n) is 20.5. The Hall–Kier alpha value is -3.75. The second kappa shape index (κ2) is 9.85. The van der Waals surface area contributed by atoms with Crippen LogP contribution in [0.4, 0.5) is 5.69 Å². The van der Waals surface area contributed by atoms with Gasteiger partial charge >= 0.3 is 5.69 Å². The molecule has 35 heavy (non-hydrogen) atoms. The lowest BCUT2D eigenvalue weighted by Crippen LogP contribution is -2.32. The Morgan fingerprint density at radius 2 is 1.91 bits per heavy atom. The highest BCUT2D eigenvalue weighted by Gasteiger charge is 2.29. The summed E-state index contributed by atoms with van der Waals surface area (Å²) < 4.78 is 1.43. The fourth-order valence-electron chi connectivity index (χ4n) is 4.03. The van der Waals surface area contributed by atoms with E-state index in [1.165, 1.54) is 4.57 Å². The van der Waals surface area contributed by atoms with Crippen molar-refractivity contribution in [2.45, 2.75) is 59.4 Å². The van der Waals surface area contributed by atoms with Crippen LogP contribution in [0.15, 0.2) is 33.9 Å². The Bertz CT molecular complexity index is 1420. The van der Waals surface area contributed by atoms with Gasteiger partial charge in [0.1, 0.15) is 0 Å². The Kier molecular flexibility index (Phi) is 6.86. The molecule has 1 aliphatic carbocycles. The minimum absolute atomic E-state index is 0.0993. The van der Waals surface area contributed by atoms with E-state index in [1.54, 1.807) is 31.2 Å². The highest BCUT2D eigenvalue weighted by Crippen LogP contribution is 2.40. The highest BCUT2D eigenvalue weighted by atomic mass is 16.2. The van der Waals surface area contributed by atoms with E-state index < -0.39 is 17.2 Å². The third kappa shape index (κ3) is 5.18. The van der Waals surface area contributed by atoms with Crippen molar-refractivity contribution in [3.05, 3.63) is 67.5 Å². The highest BCUT2D eigenvalue weighted by molar-refractivity contribution is 6.12. The summed E-state index contributed by atoms with van der Waals surface area (Å²) in [5.41, 5.74) is 1.73. The van der Waals surface area contributed by atoms with Crippen molar-refractivity contribution in [1.82, 2.24) is 19.9 Å². The number of aromatic nitrogens is 3. The molecule has 3 N–H and O–H groups in total. The monoisotopic (exact) mass is 477 g/mol. The average Bonchev–Trinajstić information content (AvgIpc) is 3.66. The molecule has 1 fully saturated rings. The van der Waals surface area contributed by atoms with Crippen molar-refractivity contribution in [2.24, 2.45) is 5.92 Å². The number of hydrogen-bond donors (Lipinski definition) is 3. The van der Waals surface area contributed by atoms with E-state index >= 15 is 0 Å². The van der Waals surface area contributed by atoms with Crippen LogP contribution in [-0.4, -0.2) is 32.9 Å². The molecule has 9 heteroatoms. The van der Waals surface area contributed by atoms with Gasteiger partial charge in [0.2, 0.25) is 0 Å². The number of carbonyl (C=O) groups is 2. The van der Waals surface area contributed by atoms with Gasteiger partial charge in [-0.25, -0.2) is 9.78 Å². The maximum absolute atomic E-state index is 13.4. The number of carbonyl (C=O) groups excluding carboxylic acids is 2. The summed E-state index contributed by atoms with van der Waals surface area (Å²) in [5.74, 6) is -0.0760. The Morgan fingerprint density at radius 1 is 1.17 bits per heavy atom. The molecule has 4 rings (SSSR count). The van der Waals surface area contributed by atoms with E-state index in [9.17, 15) is 19.2 Å². The van der Waals surface area contributed by atoms with Gasteiger partial charge in [0, 0.05) is 36.0 Å². The van der Waals surface area contributed by atoms with E-state index in [4.69, 9.17) is 0 Å². The van der Waals surface area contributed by atoms with Gasteiger partial charge in [-0.05, 0) is 61.9 Å². The van der Waals surface area contributed by atoms with Crippen LogP contribution in [0.5, 0.6) is 0 Å². The predicted molar refractivity (Wildman–Crippen MR) is 135 cm³/mol. The molecule has 0 radical (unpaired) electrons. The molecular weight excluding hydrogens is 446 g/mol. The van der Waals surface area contributed by atoms with Gasteiger partial charge < -0.3 is 10.6 Å². The summed E-state index contributed by atoms with van der Waals surface area (Å²) in [6, 6.07) is 6.72. The molecule has 1 aliphatic rings. The minimum Gasteiger partial charge on any atom is -0.352 e. The van der Waals surface area contributed by atoms with E-state index in [1.807, 2.05) is 20.8 Å². The molecular formula is C26H31N5O4. The Morgan fingerprint density at radius 3 is 2.54 bits per heavy atom. The molecule has 2 amide bonds. The van der Waals surface area contributed by atoms with Gasteiger partial charge in [-0.2, -0.15) is 0 Å². The minimum atomic E-state index is -0.633. The largest absolute Gasteiger partial charge is 0.352 e. The van der Waals surface area contributed by atoms with Crippen LogP contribution in [-0.2, 0) is 6.54 Å². The van der Waals surface area contributed by atoms with E-state index in [0.29, 0.717) is 47.9 Å². The second-order valence-corrected chi connectivity index (χ2v) is 9.57. The number of amides is 2. The van der Waals surface area contributed by atoms with Crippen molar-refractivity contribution < 1.29 is 9.59 Å². The van der Waals surface area contributed by atoms with Crippen LogP contribution in [0.1, 0.15) is 77.9 Å². The summed E-state index contributed by atoms with van der Waals surface area (Å²) in [6.45, 7) is 8.74. The van der Waals surface area contributed by atoms with Crippen molar-refractivity contribution in [3.63, 3.8) is 0 Å². The zero-order chi connectivity index (χ0) is 25.3. The molecule has 0 saturated heterocycles. The van der Waals surface area contributed by atoms with Gasteiger partial charge in [-0.3, -0.25) is 23.9 Å². The van der Waals surface area contributed by atoms with Gasteiger partial charge in [0.25, 0.3) is 17.4 Å². The quantitative estimate of drug-likeness (QED) is 0.459. The van der Waals surface area contributed by atoms with Gasteiger partial charge in [-0.15, -0.1) is 0 Å². The lowest BCUT2D eigenvalue weighted by atomic mass is 10.1. The summed E-state index contributed by atoms with van der Waals surface area (Å²) in [7, 11) is 0. The number of fused-ring (bicyclic) bond motifs is 1. The van der Waals surface area contributed by atoms with Crippen LogP contribution in [0.2, 0.25) is 0 Å². The molecule has 0 atom stereocenters. The number of rotatable bonds is 8. The number of aryl methyl sites for hydroxylation is 2. The normalized spacial score (nSPS) is 13.3. The van der Waals surface area contributed by atoms with E-state index in [0.717, 1.165) is 12.8 Å². The third-order valence-corrected chi connectivity index (χ3v) is 6.06. The predicted octanol–water partition coefficient (Wildman–Crippen LogP) is 3.32. The van der Waals surface area contributed by atoms with Crippen LogP contribution in [0.25, 0.3) is 11.0 Å². The number of anilines is 1. The lowest BCUT2D eigenvalue weighted by molar-refractivity contribution is 0.0948. The lowest BCUT2D eigenvalue weighted by Gasteiger charge is -2.14. The zero-order valence-corrected chi connectivity index (χ0v) is 20.5. The van der Waals surface area contributed by atoms with Gasteiger partial charge in [0.05, 0.1) is 10.9 Å². The molecule has 0 spiro atoms. The van der Waals surface area contributed by atoms with Crippen LogP contribution >= 0.6 is 0 Å². The molecule has 0 bridgehead atoms. The first-order valence-electron chi connectivity index (χ1n) is 12.1. The first-order valence-corrected chi connectivity index (χ1v) is 12.1. The summed E-state index contributed by atoms with van der Waals surface area (Å²) in [6.07, 6.45) is 2.59. The standard InChI is InChI=1S/C26H31N5O4/c1-5-10-31-22-21(25(34)30-26(31)35)18(12-20(28-22)16-6-7-16)24(33)29-19-9-8-17(11-15(19)4)23(32)27-13-14(2)3/h8-9,11-12,14,16H,5-7,10,13H2,1-4H3,(H,27,32)(H,29,33)(H,30,34,35). The topological polar surface area (TPSA) is 126 Å². The second-order valence-electron chi connectivity index (χ2n) is 9.57. The Labute approximate surface area is 203 Å². The van der Waals surface area contributed by atoms with Crippen molar-refractivity contribution in [3.8, 4) is 0 Å². The SMILES string of the molecule is CCCn1c(=O)[nH]c(=O)c2c(C(=O)Nc3ccc(C(=O)NCC(C)C)cc3C)cc(C3CC3)nc21. The van der Waals surface area contributed by atoms with E-state index in [-0.39, 0.29) is 28.4 Å². The number of nitrogens with one attached hydrogen (secondary N) is 3. The molecule has 9 nitrogen and oxygen atoms in total. The molecule has 1 saturated carbocycles. The fraction of sp³-hybridized carbons (Fsp3) is 0.423. The molecule has 184 valence electrons. The van der Waals surface area contributed by atoms with Crippen molar-refractivity contribution >= 4 is 28.5 Å². The number of aromatic amines is 1. The maximum atomic E-state index is 13.4. The maximum Gasteiger partial charge on any atom is 0.329 e. The first-order chi connectivity index (χ1) is 16.7. The van der Waals surface area contributed by atoms with E-state index in [2.05, 4.69) is 20.6 Å². The molecule has 2 heterocycles. The van der Waals surface area contributed by atoms with Crippen LogP contribution in [0, 0.1) is 12.8 Å².